The lowest BCUT2D eigenvalue weighted by Gasteiger charge is -1.86. The highest BCUT2D eigenvalue weighted by atomic mass is 79.9. The van der Waals surface area contributed by atoms with Crippen molar-refractivity contribution in [3.05, 3.63) is 25.8 Å². The normalized spacial score (nSPS) is 10.7. The molecule has 2 aromatic heterocycles. The number of furan rings is 1. The van der Waals surface area contributed by atoms with Crippen molar-refractivity contribution in [3.8, 4) is 10.8 Å². The van der Waals surface area contributed by atoms with E-state index in [1.165, 1.54) is 11.3 Å². The van der Waals surface area contributed by atoms with Crippen molar-refractivity contribution in [3.63, 3.8) is 0 Å². The molecule has 0 spiro atoms. The third-order valence-electron chi connectivity index (χ3n) is 1.86. The Morgan fingerprint density at radius 1 is 1.56 bits per heavy atom. The summed E-state index contributed by atoms with van der Waals surface area (Å²) in [6, 6.07) is 1.74. The number of carboxylic acid groups (broad SMARTS) is 1. The lowest BCUT2D eigenvalue weighted by Crippen LogP contribution is -1.98. The van der Waals surface area contributed by atoms with Crippen LogP contribution in [0.1, 0.15) is 15.4 Å². The molecular weight excluding hydrogens is 362 g/mol. The average molecular weight is 367 g/mol. The van der Waals surface area contributed by atoms with E-state index in [1.54, 1.807) is 13.0 Å². The van der Waals surface area contributed by atoms with Crippen molar-refractivity contribution < 1.29 is 14.3 Å². The first-order valence-corrected chi connectivity index (χ1v) is 6.55. The molecule has 0 aliphatic heterocycles. The lowest BCUT2D eigenvalue weighted by molar-refractivity contribution is 0.0690. The number of aromatic nitrogens is 1. The summed E-state index contributed by atoms with van der Waals surface area (Å²) in [7, 11) is 0. The molecule has 84 valence electrons. The molecule has 0 saturated heterocycles. The second kappa shape index (κ2) is 4.31. The Morgan fingerprint density at radius 3 is 2.69 bits per heavy atom. The average Bonchev–Trinajstić information content (AvgIpc) is 2.71. The summed E-state index contributed by atoms with van der Waals surface area (Å²) >= 11 is 7.79. The smallest absolute Gasteiger partial charge is 0.355 e. The molecule has 2 rings (SSSR count). The number of rotatable bonds is 2. The van der Waals surface area contributed by atoms with Gasteiger partial charge >= 0.3 is 5.97 Å². The van der Waals surface area contributed by atoms with Crippen LogP contribution in [0.5, 0.6) is 0 Å². The monoisotopic (exact) mass is 365 g/mol. The van der Waals surface area contributed by atoms with Crippen LogP contribution in [0.15, 0.2) is 19.6 Å². The Bertz CT molecular complexity index is 542. The molecule has 0 saturated carbocycles. The van der Waals surface area contributed by atoms with Gasteiger partial charge in [0, 0.05) is 10.9 Å². The molecule has 0 atom stereocenters. The van der Waals surface area contributed by atoms with Crippen molar-refractivity contribution in [2.24, 2.45) is 0 Å². The SMILES string of the molecule is Cc1sc(-c2cc(Br)c(Br)o2)nc1C(=O)O. The molecule has 4 nitrogen and oxygen atoms in total. The zero-order chi connectivity index (χ0) is 11.9. The van der Waals surface area contributed by atoms with Gasteiger partial charge in [-0.2, -0.15) is 0 Å². The highest BCUT2D eigenvalue weighted by Crippen LogP contribution is 2.35. The van der Waals surface area contributed by atoms with Gasteiger partial charge in [0.1, 0.15) is 0 Å². The molecule has 2 heterocycles. The highest BCUT2D eigenvalue weighted by Gasteiger charge is 2.18. The molecule has 0 radical (unpaired) electrons. The molecule has 0 amide bonds. The Hall–Kier alpha value is -0.660. The van der Waals surface area contributed by atoms with E-state index in [-0.39, 0.29) is 5.69 Å². The standard InChI is InChI=1S/C9H5Br2NO3S/c1-3-6(9(13)14)12-8(16-3)5-2-4(10)7(11)15-5/h2H,1H3,(H,13,14). The van der Waals surface area contributed by atoms with Gasteiger partial charge < -0.3 is 9.52 Å². The molecule has 7 heteroatoms. The van der Waals surface area contributed by atoms with Gasteiger partial charge in [0.15, 0.2) is 21.1 Å². The number of aryl methyl sites for hydroxylation is 1. The molecule has 1 N–H and O–H groups in total. The van der Waals surface area contributed by atoms with Gasteiger partial charge in [0.05, 0.1) is 4.47 Å². The van der Waals surface area contributed by atoms with Crippen LogP contribution in [0.3, 0.4) is 0 Å². The fourth-order valence-corrected chi connectivity index (χ4v) is 2.59. The summed E-state index contributed by atoms with van der Waals surface area (Å²) in [6.45, 7) is 1.72. The van der Waals surface area contributed by atoms with Crippen molar-refractivity contribution in [1.29, 1.82) is 0 Å². The van der Waals surface area contributed by atoms with Crippen LogP contribution in [0.2, 0.25) is 0 Å². The van der Waals surface area contributed by atoms with E-state index < -0.39 is 5.97 Å². The van der Waals surface area contributed by atoms with Crippen LogP contribution in [0, 0.1) is 6.92 Å². The van der Waals surface area contributed by atoms with Crippen LogP contribution in [0.4, 0.5) is 0 Å². The van der Waals surface area contributed by atoms with E-state index in [9.17, 15) is 4.79 Å². The molecule has 0 aliphatic carbocycles. The predicted molar refractivity (Wildman–Crippen MR) is 66.9 cm³/mol. The Morgan fingerprint density at radius 2 is 2.25 bits per heavy atom. The predicted octanol–water partition coefficient (Wildman–Crippen LogP) is 3.93. The zero-order valence-corrected chi connectivity index (χ0v) is 11.9. The van der Waals surface area contributed by atoms with Crippen LogP contribution in [0.25, 0.3) is 10.8 Å². The van der Waals surface area contributed by atoms with Gasteiger partial charge in [0.25, 0.3) is 0 Å². The minimum Gasteiger partial charge on any atom is -0.476 e. The van der Waals surface area contributed by atoms with Gasteiger partial charge in [-0.3, -0.25) is 0 Å². The molecule has 16 heavy (non-hydrogen) atoms. The van der Waals surface area contributed by atoms with Crippen LogP contribution < -0.4 is 0 Å². The second-order valence-corrected chi connectivity index (χ2v) is 5.74. The molecular formula is C9H5Br2NO3S. The molecule has 0 unspecified atom stereocenters. The summed E-state index contributed by atoms with van der Waals surface area (Å²) in [6.07, 6.45) is 0. The minimum atomic E-state index is -1.02. The van der Waals surface area contributed by atoms with Gasteiger partial charge in [-0.1, -0.05) is 0 Å². The summed E-state index contributed by atoms with van der Waals surface area (Å²) in [5, 5.41) is 9.44. The van der Waals surface area contributed by atoms with Crippen LogP contribution in [-0.2, 0) is 0 Å². The molecule has 0 bridgehead atoms. The largest absolute Gasteiger partial charge is 0.476 e. The molecule has 2 aromatic rings. The summed E-state index contributed by atoms with van der Waals surface area (Å²) in [5.41, 5.74) is 0.0728. The van der Waals surface area contributed by atoms with Gasteiger partial charge in [-0.05, 0) is 38.8 Å². The van der Waals surface area contributed by atoms with Crippen LogP contribution >= 0.6 is 43.2 Å². The number of thiazole rings is 1. The molecule has 0 aliphatic rings. The number of carbonyl (C=O) groups is 1. The Kier molecular flexibility index (Phi) is 3.18. The third kappa shape index (κ3) is 2.07. The summed E-state index contributed by atoms with van der Waals surface area (Å²) < 4.78 is 6.71. The number of hydrogen-bond donors (Lipinski definition) is 1. The molecule has 0 aromatic carbocycles. The van der Waals surface area contributed by atoms with Crippen LogP contribution in [-0.4, -0.2) is 16.1 Å². The first-order valence-electron chi connectivity index (χ1n) is 4.15. The van der Waals surface area contributed by atoms with Gasteiger partial charge in [-0.15, -0.1) is 11.3 Å². The van der Waals surface area contributed by atoms with Gasteiger partial charge in [-0.25, -0.2) is 9.78 Å². The fraction of sp³-hybridized carbons (Fsp3) is 0.111. The molecule has 0 fully saturated rings. The number of carboxylic acids is 1. The van der Waals surface area contributed by atoms with E-state index in [0.29, 0.717) is 20.3 Å². The van der Waals surface area contributed by atoms with E-state index in [2.05, 4.69) is 36.8 Å². The van der Waals surface area contributed by atoms with Crippen molar-refractivity contribution in [2.75, 3.05) is 0 Å². The van der Waals surface area contributed by atoms with E-state index in [0.717, 1.165) is 4.47 Å². The maximum absolute atomic E-state index is 10.8. The maximum Gasteiger partial charge on any atom is 0.355 e. The quantitative estimate of drug-likeness (QED) is 0.874. The Balaban J connectivity index is 2.49. The number of nitrogens with zero attached hydrogens (tertiary/aromatic N) is 1. The number of hydrogen-bond acceptors (Lipinski definition) is 4. The number of halogens is 2. The van der Waals surface area contributed by atoms with E-state index in [1.807, 2.05) is 0 Å². The second-order valence-electron chi connectivity index (χ2n) is 2.96. The maximum atomic E-state index is 10.8. The minimum absolute atomic E-state index is 0.0728. The highest BCUT2D eigenvalue weighted by molar-refractivity contribution is 9.13. The van der Waals surface area contributed by atoms with E-state index >= 15 is 0 Å². The number of aromatic carboxylic acids is 1. The Labute approximate surface area is 112 Å². The van der Waals surface area contributed by atoms with E-state index in [4.69, 9.17) is 9.52 Å². The topological polar surface area (TPSA) is 63.3 Å². The lowest BCUT2D eigenvalue weighted by atomic mass is 10.4. The third-order valence-corrected chi connectivity index (χ3v) is 4.55. The van der Waals surface area contributed by atoms with Crippen molar-refractivity contribution in [2.45, 2.75) is 6.92 Å². The first-order chi connectivity index (χ1) is 7.49. The van der Waals surface area contributed by atoms with Gasteiger partial charge in [0.2, 0.25) is 0 Å². The van der Waals surface area contributed by atoms with Crippen molar-refractivity contribution in [1.82, 2.24) is 4.98 Å². The first kappa shape index (κ1) is 11.8. The summed E-state index contributed by atoms with van der Waals surface area (Å²) in [5.74, 6) is -0.482. The zero-order valence-electron chi connectivity index (χ0n) is 7.95. The summed E-state index contributed by atoms with van der Waals surface area (Å²) in [4.78, 5) is 15.5. The fourth-order valence-electron chi connectivity index (χ4n) is 1.15. The van der Waals surface area contributed by atoms with Crippen molar-refractivity contribution >= 4 is 49.2 Å².